The van der Waals surface area contributed by atoms with E-state index in [1.165, 1.54) is 0 Å². The summed E-state index contributed by atoms with van der Waals surface area (Å²) in [6.45, 7) is 2.81. The number of hydrogen-bond acceptors (Lipinski definition) is 4. The number of ether oxygens (including phenoxy) is 2. The number of amides is 2. The average Bonchev–Trinajstić information content (AvgIpc) is 2.63. The van der Waals surface area contributed by atoms with Gasteiger partial charge in [0.25, 0.3) is 0 Å². The Morgan fingerprint density at radius 3 is 2.40 bits per heavy atom. The predicted molar refractivity (Wildman–Crippen MR) is 95.9 cm³/mol. The van der Waals surface area contributed by atoms with Crippen LogP contribution in [0.1, 0.15) is 12.5 Å². The molecule has 6 nitrogen and oxygen atoms in total. The Labute approximate surface area is 147 Å². The van der Waals surface area contributed by atoms with Gasteiger partial charge in [0.05, 0.1) is 13.7 Å². The Hall–Kier alpha value is -3.02. The van der Waals surface area contributed by atoms with Crippen LogP contribution in [0.3, 0.4) is 0 Å². The highest BCUT2D eigenvalue weighted by Crippen LogP contribution is 2.17. The van der Waals surface area contributed by atoms with E-state index in [1.807, 2.05) is 31.2 Å². The van der Waals surface area contributed by atoms with Crippen molar-refractivity contribution in [2.24, 2.45) is 0 Å². The van der Waals surface area contributed by atoms with E-state index in [-0.39, 0.29) is 0 Å². The van der Waals surface area contributed by atoms with Crippen LogP contribution in [0.5, 0.6) is 11.5 Å². The zero-order chi connectivity index (χ0) is 18.1. The number of carbonyl (C=O) groups is 2. The van der Waals surface area contributed by atoms with Gasteiger partial charge in [0, 0.05) is 12.2 Å². The molecule has 0 unspecified atom stereocenters. The van der Waals surface area contributed by atoms with Crippen LogP contribution in [0.4, 0.5) is 5.69 Å². The molecule has 6 heteroatoms. The Balaban J connectivity index is 1.81. The molecule has 0 atom stereocenters. The van der Waals surface area contributed by atoms with Gasteiger partial charge in [-0.3, -0.25) is 9.59 Å². The van der Waals surface area contributed by atoms with Gasteiger partial charge in [-0.25, -0.2) is 0 Å². The van der Waals surface area contributed by atoms with Gasteiger partial charge >= 0.3 is 11.8 Å². The number of anilines is 1. The van der Waals surface area contributed by atoms with Crippen LogP contribution in [0.25, 0.3) is 0 Å². The summed E-state index contributed by atoms with van der Waals surface area (Å²) >= 11 is 0. The number of hydrogen-bond donors (Lipinski definition) is 2. The summed E-state index contributed by atoms with van der Waals surface area (Å²) in [5.41, 5.74) is 1.51. The van der Waals surface area contributed by atoms with Crippen molar-refractivity contribution >= 4 is 17.5 Å². The summed E-state index contributed by atoms with van der Waals surface area (Å²) in [4.78, 5) is 23.8. The first-order valence-corrected chi connectivity index (χ1v) is 8.08. The van der Waals surface area contributed by atoms with Crippen LogP contribution < -0.4 is 20.1 Å². The summed E-state index contributed by atoms with van der Waals surface area (Å²) < 4.78 is 10.6. The molecule has 0 heterocycles. The number of benzene rings is 2. The Kier molecular flexibility index (Phi) is 6.83. The van der Waals surface area contributed by atoms with Crippen molar-refractivity contribution in [1.82, 2.24) is 5.32 Å². The molecule has 2 amide bonds. The van der Waals surface area contributed by atoms with Crippen LogP contribution in [0, 0.1) is 0 Å². The Morgan fingerprint density at radius 1 is 1.00 bits per heavy atom. The molecule has 0 spiro atoms. The Bertz CT molecular complexity index is 714. The third-order valence-electron chi connectivity index (χ3n) is 3.50. The van der Waals surface area contributed by atoms with E-state index in [9.17, 15) is 9.59 Å². The zero-order valence-corrected chi connectivity index (χ0v) is 14.4. The summed E-state index contributed by atoms with van der Waals surface area (Å²) in [6.07, 6.45) is 0.575. The maximum absolute atomic E-state index is 11.9. The molecule has 2 aromatic carbocycles. The van der Waals surface area contributed by atoms with Gasteiger partial charge in [-0.15, -0.1) is 0 Å². The highest BCUT2D eigenvalue weighted by molar-refractivity contribution is 6.39. The minimum atomic E-state index is -0.704. The molecule has 0 fully saturated rings. The normalized spacial score (nSPS) is 10.0. The van der Waals surface area contributed by atoms with Gasteiger partial charge in [0.1, 0.15) is 11.5 Å². The summed E-state index contributed by atoms with van der Waals surface area (Å²) in [5, 5.41) is 5.15. The molecular formula is C19H22N2O4. The molecule has 0 bridgehead atoms. The molecule has 2 rings (SSSR count). The van der Waals surface area contributed by atoms with Crippen molar-refractivity contribution in [3.05, 3.63) is 54.1 Å². The molecule has 0 aliphatic rings. The third kappa shape index (κ3) is 5.53. The average molecular weight is 342 g/mol. The van der Waals surface area contributed by atoms with Gasteiger partial charge < -0.3 is 20.1 Å². The molecule has 2 N–H and O–H groups in total. The molecular weight excluding hydrogens is 320 g/mol. The molecule has 2 aromatic rings. The van der Waals surface area contributed by atoms with Crippen molar-refractivity contribution in [2.75, 3.05) is 25.6 Å². The molecule has 0 saturated heterocycles. The first-order valence-electron chi connectivity index (χ1n) is 8.08. The second-order valence-electron chi connectivity index (χ2n) is 5.23. The highest BCUT2D eigenvalue weighted by atomic mass is 16.5. The summed E-state index contributed by atoms with van der Waals surface area (Å²) in [6, 6.07) is 14.4. The number of methoxy groups -OCH3 is 1. The topological polar surface area (TPSA) is 76.7 Å². The van der Waals surface area contributed by atoms with E-state index in [1.54, 1.807) is 31.4 Å². The van der Waals surface area contributed by atoms with Crippen molar-refractivity contribution < 1.29 is 19.1 Å². The fourth-order valence-corrected chi connectivity index (χ4v) is 2.29. The zero-order valence-electron chi connectivity index (χ0n) is 14.4. The van der Waals surface area contributed by atoms with E-state index in [4.69, 9.17) is 9.47 Å². The number of carbonyl (C=O) groups excluding carboxylic acids is 2. The van der Waals surface area contributed by atoms with Gasteiger partial charge in [0.2, 0.25) is 0 Å². The quantitative estimate of drug-likeness (QED) is 0.758. The molecule has 0 aliphatic carbocycles. The minimum Gasteiger partial charge on any atom is -0.496 e. The van der Waals surface area contributed by atoms with E-state index >= 15 is 0 Å². The maximum atomic E-state index is 11.9. The van der Waals surface area contributed by atoms with Crippen molar-refractivity contribution in [2.45, 2.75) is 13.3 Å². The first-order chi connectivity index (χ1) is 12.1. The molecule has 25 heavy (non-hydrogen) atoms. The fourth-order valence-electron chi connectivity index (χ4n) is 2.29. The van der Waals surface area contributed by atoms with E-state index < -0.39 is 11.8 Å². The first kappa shape index (κ1) is 18.3. The lowest BCUT2D eigenvalue weighted by molar-refractivity contribution is -0.136. The fraction of sp³-hybridized carbons (Fsp3) is 0.263. The molecule has 0 aromatic heterocycles. The van der Waals surface area contributed by atoms with Crippen LogP contribution in [0.15, 0.2) is 48.5 Å². The van der Waals surface area contributed by atoms with Gasteiger partial charge in [0.15, 0.2) is 0 Å². The van der Waals surface area contributed by atoms with E-state index in [0.29, 0.717) is 31.0 Å². The molecule has 0 radical (unpaired) electrons. The smallest absolute Gasteiger partial charge is 0.313 e. The van der Waals surface area contributed by atoms with Crippen molar-refractivity contribution in [1.29, 1.82) is 0 Å². The highest BCUT2D eigenvalue weighted by Gasteiger charge is 2.13. The maximum Gasteiger partial charge on any atom is 0.313 e. The second-order valence-corrected chi connectivity index (χ2v) is 5.23. The molecule has 0 aliphatic heterocycles. The predicted octanol–water partition coefficient (Wildman–Crippen LogP) is 2.39. The van der Waals surface area contributed by atoms with E-state index in [0.717, 1.165) is 11.3 Å². The lowest BCUT2D eigenvalue weighted by atomic mass is 10.1. The van der Waals surface area contributed by atoms with Crippen molar-refractivity contribution in [3.63, 3.8) is 0 Å². The standard InChI is InChI=1S/C19H22N2O4/c1-3-25-16-10-8-15(9-11-16)21-19(23)18(22)20-13-12-14-6-4-5-7-17(14)24-2/h4-11H,3,12-13H2,1-2H3,(H,20,22)(H,21,23). The van der Waals surface area contributed by atoms with Crippen LogP contribution in [0.2, 0.25) is 0 Å². The monoisotopic (exact) mass is 342 g/mol. The lowest BCUT2D eigenvalue weighted by Gasteiger charge is -2.09. The van der Waals surface area contributed by atoms with Crippen molar-refractivity contribution in [3.8, 4) is 11.5 Å². The van der Waals surface area contributed by atoms with Crippen LogP contribution in [-0.2, 0) is 16.0 Å². The largest absolute Gasteiger partial charge is 0.496 e. The third-order valence-corrected chi connectivity index (χ3v) is 3.50. The number of para-hydroxylation sites is 1. The number of rotatable bonds is 7. The van der Waals surface area contributed by atoms with E-state index in [2.05, 4.69) is 10.6 Å². The SMILES string of the molecule is CCOc1ccc(NC(=O)C(=O)NCCc2ccccc2OC)cc1. The van der Waals surface area contributed by atoms with Crippen LogP contribution in [-0.4, -0.2) is 32.1 Å². The summed E-state index contributed by atoms with van der Waals surface area (Å²) in [5.74, 6) is 0.0883. The second kappa shape index (κ2) is 9.32. The summed E-state index contributed by atoms with van der Waals surface area (Å²) in [7, 11) is 1.60. The lowest BCUT2D eigenvalue weighted by Crippen LogP contribution is -2.36. The van der Waals surface area contributed by atoms with Crippen LogP contribution >= 0.6 is 0 Å². The minimum absolute atomic E-state index is 0.343. The van der Waals surface area contributed by atoms with Gasteiger partial charge in [-0.05, 0) is 49.2 Å². The molecule has 0 saturated carbocycles. The molecule has 132 valence electrons. The number of nitrogens with one attached hydrogen (secondary N) is 2. The van der Waals surface area contributed by atoms with Gasteiger partial charge in [-0.2, -0.15) is 0 Å². The Morgan fingerprint density at radius 2 is 1.72 bits per heavy atom. The van der Waals surface area contributed by atoms with Gasteiger partial charge in [-0.1, -0.05) is 18.2 Å².